The molecule has 1 aliphatic heterocycles. The molecule has 0 fully saturated rings. The third kappa shape index (κ3) is 1.84. The molecule has 80 valence electrons. The van der Waals surface area contributed by atoms with Gasteiger partial charge in [-0.05, 0) is 31.0 Å². The predicted molar refractivity (Wildman–Crippen MR) is 66.1 cm³/mol. The van der Waals surface area contributed by atoms with E-state index in [2.05, 4.69) is 49.0 Å². The van der Waals surface area contributed by atoms with Crippen molar-refractivity contribution in [2.45, 2.75) is 13.3 Å². The lowest BCUT2D eigenvalue weighted by Gasteiger charge is -2.23. The fraction of sp³-hybridized carbons (Fsp3) is 0.385. The van der Waals surface area contributed by atoms with E-state index in [1.807, 2.05) is 0 Å². The van der Waals surface area contributed by atoms with E-state index in [0.717, 1.165) is 25.2 Å². The number of benzene rings is 1. The number of fused-ring (bicyclic) bond motifs is 1. The number of hydrogen-bond acceptors (Lipinski definition) is 2. The summed E-state index contributed by atoms with van der Waals surface area (Å²) in [5.41, 5.74) is 5.04. The van der Waals surface area contributed by atoms with E-state index in [-0.39, 0.29) is 0 Å². The number of nitrogens with zero attached hydrogens (tertiary/aromatic N) is 1. The molecule has 1 N–H and O–H groups in total. The van der Waals surface area contributed by atoms with Gasteiger partial charge in [0.05, 0.1) is 0 Å². The molecule has 15 heavy (non-hydrogen) atoms. The standard InChI is InChI=1S/C13H18N2/c1-4-15(3)12-5-6-13-10(2)14-8-7-11(13)9-12/h5-6,9,14H,2,4,7-8H2,1,3H3. The molecule has 0 aliphatic carbocycles. The number of hydrogen-bond donors (Lipinski definition) is 1. The smallest absolute Gasteiger partial charge is 0.0366 e. The zero-order chi connectivity index (χ0) is 10.8. The fourth-order valence-corrected chi connectivity index (χ4v) is 1.94. The average Bonchev–Trinajstić information content (AvgIpc) is 2.28. The Morgan fingerprint density at radius 3 is 3.00 bits per heavy atom. The van der Waals surface area contributed by atoms with Gasteiger partial charge in [0.25, 0.3) is 0 Å². The second-order valence-electron chi connectivity index (χ2n) is 4.01. The van der Waals surface area contributed by atoms with Gasteiger partial charge in [-0.2, -0.15) is 0 Å². The summed E-state index contributed by atoms with van der Waals surface area (Å²) in [6, 6.07) is 6.62. The van der Waals surface area contributed by atoms with E-state index in [1.165, 1.54) is 16.8 Å². The topological polar surface area (TPSA) is 15.3 Å². The summed E-state index contributed by atoms with van der Waals surface area (Å²) >= 11 is 0. The minimum absolute atomic E-state index is 1.01. The van der Waals surface area contributed by atoms with Gasteiger partial charge in [0.15, 0.2) is 0 Å². The van der Waals surface area contributed by atoms with Crippen molar-refractivity contribution in [1.82, 2.24) is 5.32 Å². The van der Waals surface area contributed by atoms with Crippen molar-refractivity contribution in [1.29, 1.82) is 0 Å². The number of rotatable bonds is 2. The van der Waals surface area contributed by atoms with Crippen LogP contribution in [0.2, 0.25) is 0 Å². The summed E-state index contributed by atoms with van der Waals surface area (Å²) in [6.07, 6.45) is 1.10. The van der Waals surface area contributed by atoms with Crippen LogP contribution in [0.25, 0.3) is 5.70 Å². The minimum Gasteiger partial charge on any atom is -0.385 e. The fourth-order valence-electron chi connectivity index (χ4n) is 1.94. The molecule has 0 atom stereocenters. The van der Waals surface area contributed by atoms with Gasteiger partial charge in [-0.1, -0.05) is 12.6 Å². The molecule has 1 heterocycles. The SMILES string of the molecule is C=C1NCCc2cc(N(C)CC)ccc21. The molecule has 0 aromatic heterocycles. The lowest BCUT2D eigenvalue weighted by molar-refractivity contribution is 0.814. The summed E-state index contributed by atoms with van der Waals surface area (Å²) in [4.78, 5) is 2.26. The molecule has 0 radical (unpaired) electrons. The lowest BCUT2D eigenvalue weighted by atomic mass is 9.98. The van der Waals surface area contributed by atoms with Crippen molar-refractivity contribution in [3.63, 3.8) is 0 Å². The van der Waals surface area contributed by atoms with E-state index in [4.69, 9.17) is 0 Å². The Balaban J connectivity index is 2.37. The zero-order valence-electron chi connectivity index (χ0n) is 9.51. The van der Waals surface area contributed by atoms with Crippen LogP contribution in [0.15, 0.2) is 24.8 Å². The highest BCUT2D eigenvalue weighted by molar-refractivity contribution is 5.69. The predicted octanol–water partition coefficient (Wildman–Crippen LogP) is 2.26. The van der Waals surface area contributed by atoms with Crippen LogP contribution in [-0.2, 0) is 6.42 Å². The third-order valence-electron chi connectivity index (χ3n) is 3.06. The highest BCUT2D eigenvalue weighted by Crippen LogP contribution is 2.25. The quantitative estimate of drug-likeness (QED) is 0.791. The van der Waals surface area contributed by atoms with Crippen molar-refractivity contribution in [3.05, 3.63) is 35.9 Å². The maximum absolute atomic E-state index is 4.03. The normalized spacial score (nSPS) is 14.4. The van der Waals surface area contributed by atoms with Gasteiger partial charge in [-0.25, -0.2) is 0 Å². The van der Waals surface area contributed by atoms with Crippen molar-refractivity contribution in [2.24, 2.45) is 0 Å². The summed E-state index contributed by atoms with van der Waals surface area (Å²) in [5, 5.41) is 3.29. The molecule has 0 amide bonds. The lowest BCUT2D eigenvalue weighted by Crippen LogP contribution is -2.23. The maximum atomic E-state index is 4.03. The van der Waals surface area contributed by atoms with E-state index in [0.29, 0.717) is 0 Å². The summed E-state index contributed by atoms with van der Waals surface area (Å²) in [5.74, 6) is 0. The van der Waals surface area contributed by atoms with Gasteiger partial charge in [0.1, 0.15) is 0 Å². The van der Waals surface area contributed by atoms with Gasteiger partial charge in [0, 0.05) is 37.1 Å². The van der Waals surface area contributed by atoms with E-state index in [9.17, 15) is 0 Å². The van der Waals surface area contributed by atoms with Crippen LogP contribution < -0.4 is 10.2 Å². The van der Waals surface area contributed by atoms with Crippen LogP contribution in [0.1, 0.15) is 18.1 Å². The Morgan fingerprint density at radius 2 is 2.27 bits per heavy atom. The highest BCUT2D eigenvalue weighted by atomic mass is 15.1. The second-order valence-corrected chi connectivity index (χ2v) is 4.01. The van der Waals surface area contributed by atoms with Crippen molar-refractivity contribution in [2.75, 3.05) is 25.0 Å². The third-order valence-corrected chi connectivity index (χ3v) is 3.06. The van der Waals surface area contributed by atoms with Crippen LogP contribution in [0, 0.1) is 0 Å². The summed E-state index contributed by atoms with van der Waals surface area (Å²) in [6.45, 7) is 8.24. The highest BCUT2D eigenvalue weighted by Gasteiger charge is 2.12. The molecule has 1 aromatic carbocycles. The second kappa shape index (κ2) is 3.97. The number of anilines is 1. The molecular formula is C13H18N2. The average molecular weight is 202 g/mol. The molecule has 2 rings (SSSR count). The molecule has 1 aromatic rings. The zero-order valence-corrected chi connectivity index (χ0v) is 9.51. The Hall–Kier alpha value is -1.44. The first-order valence-electron chi connectivity index (χ1n) is 5.49. The molecule has 2 heteroatoms. The van der Waals surface area contributed by atoms with E-state index < -0.39 is 0 Å². The van der Waals surface area contributed by atoms with Crippen LogP contribution in [0.4, 0.5) is 5.69 Å². The summed E-state index contributed by atoms with van der Waals surface area (Å²) < 4.78 is 0. The Kier molecular flexibility index (Phi) is 2.67. The molecule has 1 aliphatic rings. The summed E-state index contributed by atoms with van der Waals surface area (Å²) in [7, 11) is 2.12. The Morgan fingerprint density at radius 1 is 1.47 bits per heavy atom. The molecule has 0 unspecified atom stereocenters. The van der Waals surface area contributed by atoms with Crippen molar-refractivity contribution in [3.8, 4) is 0 Å². The molecule has 2 nitrogen and oxygen atoms in total. The van der Waals surface area contributed by atoms with Gasteiger partial charge in [-0.3, -0.25) is 0 Å². The van der Waals surface area contributed by atoms with Crippen LogP contribution in [0.3, 0.4) is 0 Å². The monoisotopic (exact) mass is 202 g/mol. The van der Waals surface area contributed by atoms with Gasteiger partial charge >= 0.3 is 0 Å². The van der Waals surface area contributed by atoms with E-state index >= 15 is 0 Å². The van der Waals surface area contributed by atoms with Gasteiger partial charge in [-0.15, -0.1) is 0 Å². The van der Waals surface area contributed by atoms with Crippen molar-refractivity contribution < 1.29 is 0 Å². The molecule has 0 saturated carbocycles. The molecular weight excluding hydrogens is 184 g/mol. The first kappa shape index (κ1) is 10.1. The Bertz CT molecular complexity index is 382. The first-order valence-corrected chi connectivity index (χ1v) is 5.49. The van der Waals surface area contributed by atoms with Crippen LogP contribution in [-0.4, -0.2) is 20.1 Å². The largest absolute Gasteiger partial charge is 0.385 e. The first-order chi connectivity index (χ1) is 7.22. The van der Waals surface area contributed by atoms with Crippen LogP contribution >= 0.6 is 0 Å². The Labute approximate surface area is 91.6 Å². The molecule has 0 saturated heterocycles. The molecule has 0 spiro atoms. The van der Waals surface area contributed by atoms with Gasteiger partial charge < -0.3 is 10.2 Å². The molecule has 0 bridgehead atoms. The van der Waals surface area contributed by atoms with E-state index in [1.54, 1.807) is 0 Å². The van der Waals surface area contributed by atoms with Crippen LogP contribution in [0.5, 0.6) is 0 Å². The van der Waals surface area contributed by atoms with Gasteiger partial charge in [0.2, 0.25) is 0 Å². The minimum atomic E-state index is 1.01. The number of nitrogens with one attached hydrogen (secondary N) is 1. The maximum Gasteiger partial charge on any atom is 0.0366 e. The van der Waals surface area contributed by atoms with Crippen molar-refractivity contribution >= 4 is 11.4 Å².